The Morgan fingerprint density at radius 1 is 1.00 bits per heavy atom. The Morgan fingerprint density at radius 3 is 2.33 bits per heavy atom. The molecular weight excluding hydrogens is 378 g/mol. The van der Waals surface area contributed by atoms with Crippen molar-refractivity contribution in [3.8, 4) is 0 Å². The highest BCUT2D eigenvalue weighted by Gasteiger charge is 2.20. The Labute approximate surface area is 174 Å². The molecule has 0 saturated carbocycles. The number of carbonyl (C=O) groups excluding carboxylic acids is 1. The van der Waals surface area contributed by atoms with Crippen molar-refractivity contribution >= 4 is 22.5 Å². The highest BCUT2D eigenvalue weighted by Crippen LogP contribution is 2.19. The predicted octanol–water partition coefficient (Wildman–Crippen LogP) is 4.39. The predicted molar refractivity (Wildman–Crippen MR) is 115 cm³/mol. The lowest BCUT2D eigenvalue weighted by molar-refractivity contribution is -0.663. The summed E-state index contributed by atoms with van der Waals surface area (Å²) < 4.78 is 4.11. The SMILES string of the molecule is Cc1cc2c(cc1C)[n+](Cc1ccccc1)cn2CC(=O)c1ccc([N+](=O)[O-])cc1. The molecule has 150 valence electrons. The van der Waals surface area contributed by atoms with Crippen molar-refractivity contribution in [3.63, 3.8) is 0 Å². The number of hydrogen-bond donors (Lipinski definition) is 0. The van der Waals surface area contributed by atoms with Gasteiger partial charge in [-0.2, -0.15) is 0 Å². The Hall–Kier alpha value is -3.80. The third kappa shape index (κ3) is 3.85. The van der Waals surface area contributed by atoms with E-state index in [2.05, 4.69) is 42.7 Å². The van der Waals surface area contributed by atoms with Crippen LogP contribution < -0.4 is 4.57 Å². The van der Waals surface area contributed by atoms with Crippen LogP contribution in [0.3, 0.4) is 0 Å². The van der Waals surface area contributed by atoms with Gasteiger partial charge in [-0.1, -0.05) is 30.3 Å². The molecule has 6 nitrogen and oxygen atoms in total. The van der Waals surface area contributed by atoms with Gasteiger partial charge in [-0.3, -0.25) is 14.9 Å². The summed E-state index contributed by atoms with van der Waals surface area (Å²) in [6.45, 7) is 5.02. The van der Waals surface area contributed by atoms with Crippen molar-refractivity contribution in [2.75, 3.05) is 0 Å². The van der Waals surface area contributed by atoms with Gasteiger partial charge in [0.2, 0.25) is 12.1 Å². The molecule has 1 aromatic heterocycles. The van der Waals surface area contributed by atoms with E-state index in [0.29, 0.717) is 12.1 Å². The first-order chi connectivity index (χ1) is 14.4. The van der Waals surface area contributed by atoms with E-state index in [4.69, 9.17) is 0 Å². The molecule has 3 aromatic carbocycles. The third-order valence-corrected chi connectivity index (χ3v) is 5.40. The van der Waals surface area contributed by atoms with E-state index in [1.165, 1.54) is 35.4 Å². The number of nitrogens with zero attached hydrogens (tertiary/aromatic N) is 3. The Kier molecular flexibility index (Phi) is 5.14. The van der Waals surface area contributed by atoms with Gasteiger partial charge in [-0.25, -0.2) is 9.13 Å². The fraction of sp³-hybridized carbons (Fsp3) is 0.167. The first kappa shape index (κ1) is 19.5. The molecule has 0 radical (unpaired) electrons. The summed E-state index contributed by atoms with van der Waals surface area (Å²) in [4.78, 5) is 23.2. The standard InChI is InChI=1S/C24H22N3O3/c1-17-12-22-23(13-18(17)2)26(16-25(22)14-19-6-4-3-5-7-19)15-24(28)20-8-10-21(11-9-20)27(29)30/h3-13,16H,14-15H2,1-2H3/q+1. The number of carbonyl (C=O) groups is 1. The van der Waals surface area contributed by atoms with Gasteiger partial charge in [0.15, 0.2) is 17.6 Å². The number of aryl methyl sites for hydroxylation is 2. The molecule has 0 aliphatic heterocycles. The molecule has 0 unspecified atom stereocenters. The Balaban J connectivity index is 1.70. The minimum Gasteiger partial charge on any atom is -0.290 e. The monoisotopic (exact) mass is 400 g/mol. The number of nitro groups is 1. The van der Waals surface area contributed by atoms with E-state index in [9.17, 15) is 14.9 Å². The molecule has 1 heterocycles. The van der Waals surface area contributed by atoms with Crippen molar-refractivity contribution in [1.82, 2.24) is 4.57 Å². The third-order valence-electron chi connectivity index (χ3n) is 5.40. The van der Waals surface area contributed by atoms with Crippen LogP contribution in [0.5, 0.6) is 0 Å². The quantitative estimate of drug-likeness (QED) is 0.209. The van der Waals surface area contributed by atoms with E-state index in [0.717, 1.165) is 16.6 Å². The van der Waals surface area contributed by atoms with E-state index >= 15 is 0 Å². The van der Waals surface area contributed by atoms with Gasteiger partial charge in [0, 0.05) is 17.7 Å². The zero-order valence-electron chi connectivity index (χ0n) is 16.9. The maximum atomic E-state index is 12.9. The van der Waals surface area contributed by atoms with Gasteiger partial charge in [-0.15, -0.1) is 0 Å². The molecule has 0 N–H and O–H groups in total. The number of Topliss-reactive ketones (excluding diaryl/α,β-unsaturated/α-hetero) is 1. The molecule has 0 bridgehead atoms. The lowest BCUT2D eigenvalue weighted by Crippen LogP contribution is -2.33. The topological polar surface area (TPSA) is 69.0 Å². The van der Waals surface area contributed by atoms with Gasteiger partial charge in [0.05, 0.1) is 4.92 Å². The Bertz CT molecular complexity index is 1240. The first-order valence-electron chi connectivity index (χ1n) is 9.73. The lowest BCUT2D eigenvalue weighted by Gasteiger charge is -2.02. The Morgan fingerprint density at radius 2 is 1.67 bits per heavy atom. The zero-order valence-corrected chi connectivity index (χ0v) is 16.9. The molecule has 30 heavy (non-hydrogen) atoms. The fourth-order valence-corrected chi connectivity index (χ4v) is 3.59. The van der Waals surface area contributed by atoms with Crippen LogP contribution in [0.2, 0.25) is 0 Å². The van der Waals surface area contributed by atoms with Crippen LogP contribution in [0, 0.1) is 24.0 Å². The van der Waals surface area contributed by atoms with Crippen LogP contribution in [0.1, 0.15) is 27.0 Å². The van der Waals surface area contributed by atoms with Gasteiger partial charge >= 0.3 is 0 Å². The molecule has 4 rings (SSSR count). The highest BCUT2D eigenvalue weighted by atomic mass is 16.6. The second-order valence-corrected chi connectivity index (χ2v) is 7.51. The number of ketones is 1. The maximum absolute atomic E-state index is 12.9. The van der Waals surface area contributed by atoms with E-state index in [1.54, 1.807) is 0 Å². The summed E-state index contributed by atoms with van der Waals surface area (Å²) in [5.41, 5.74) is 6.04. The van der Waals surface area contributed by atoms with Gasteiger partial charge in [-0.05, 0) is 54.8 Å². The molecule has 0 aliphatic carbocycles. The van der Waals surface area contributed by atoms with Gasteiger partial charge < -0.3 is 0 Å². The number of hydrogen-bond acceptors (Lipinski definition) is 3. The van der Waals surface area contributed by atoms with Gasteiger partial charge in [0.25, 0.3) is 5.69 Å². The number of imidazole rings is 1. The van der Waals surface area contributed by atoms with Crippen LogP contribution in [-0.4, -0.2) is 15.3 Å². The van der Waals surface area contributed by atoms with E-state index in [1.807, 2.05) is 29.1 Å². The van der Waals surface area contributed by atoms with Crippen LogP contribution in [0.25, 0.3) is 11.0 Å². The number of aromatic nitrogens is 2. The average Bonchev–Trinajstić information content (AvgIpc) is 3.05. The average molecular weight is 400 g/mol. The van der Waals surface area contributed by atoms with E-state index < -0.39 is 4.92 Å². The lowest BCUT2D eigenvalue weighted by atomic mass is 10.1. The second-order valence-electron chi connectivity index (χ2n) is 7.51. The highest BCUT2D eigenvalue weighted by molar-refractivity contribution is 5.96. The number of benzene rings is 3. The summed E-state index contributed by atoms with van der Waals surface area (Å²) in [5, 5.41) is 10.8. The van der Waals surface area contributed by atoms with Gasteiger partial charge in [0.1, 0.15) is 6.54 Å². The summed E-state index contributed by atoms with van der Waals surface area (Å²) >= 11 is 0. The zero-order chi connectivity index (χ0) is 21.3. The molecule has 0 atom stereocenters. The summed E-state index contributed by atoms with van der Waals surface area (Å²) in [7, 11) is 0. The largest absolute Gasteiger partial charge is 0.290 e. The van der Waals surface area contributed by atoms with Crippen molar-refractivity contribution in [1.29, 1.82) is 0 Å². The molecule has 0 spiro atoms. The van der Waals surface area contributed by atoms with Crippen molar-refractivity contribution < 1.29 is 14.3 Å². The van der Waals surface area contributed by atoms with Crippen LogP contribution in [0.4, 0.5) is 5.69 Å². The number of rotatable bonds is 6. The molecular formula is C24H22N3O3+. The second kappa shape index (κ2) is 7.91. The van der Waals surface area contributed by atoms with Crippen molar-refractivity contribution in [2.24, 2.45) is 0 Å². The summed E-state index contributed by atoms with van der Waals surface area (Å²) in [5.74, 6) is -0.0908. The normalized spacial score (nSPS) is 11.0. The number of nitro benzene ring substituents is 1. The molecule has 0 aliphatic rings. The number of fused-ring (bicyclic) bond motifs is 1. The maximum Gasteiger partial charge on any atom is 0.269 e. The molecule has 0 saturated heterocycles. The number of non-ortho nitro benzene ring substituents is 1. The van der Waals surface area contributed by atoms with Crippen LogP contribution >= 0.6 is 0 Å². The van der Waals surface area contributed by atoms with Crippen molar-refractivity contribution in [2.45, 2.75) is 26.9 Å². The van der Waals surface area contributed by atoms with Crippen LogP contribution in [0.15, 0.2) is 73.1 Å². The molecule has 0 fully saturated rings. The molecule has 0 amide bonds. The summed E-state index contributed by atoms with van der Waals surface area (Å²) in [6.07, 6.45) is 1.97. The molecule has 4 aromatic rings. The van der Waals surface area contributed by atoms with Crippen LogP contribution in [-0.2, 0) is 13.1 Å². The smallest absolute Gasteiger partial charge is 0.269 e. The fourth-order valence-electron chi connectivity index (χ4n) is 3.59. The van der Waals surface area contributed by atoms with E-state index in [-0.39, 0.29) is 18.0 Å². The first-order valence-corrected chi connectivity index (χ1v) is 9.73. The van der Waals surface area contributed by atoms with Crippen molar-refractivity contribution in [3.05, 3.63) is 105 Å². The summed E-state index contributed by atoms with van der Waals surface area (Å²) in [6, 6.07) is 20.2. The minimum atomic E-state index is -0.467. The molecule has 6 heteroatoms. The minimum absolute atomic E-state index is 0.0234.